The number of hydrogen-bond acceptors (Lipinski definition) is 0. The lowest BCUT2D eigenvalue weighted by Gasteiger charge is -2.15. The molecule has 0 saturated carbocycles. The fourth-order valence-electron chi connectivity index (χ4n) is 1.50. The van der Waals surface area contributed by atoms with Gasteiger partial charge in [-0.15, -0.1) is 0 Å². The van der Waals surface area contributed by atoms with E-state index < -0.39 is 0 Å². The van der Waals surface area contributed by atoms with Crippen molar-refractivity contribution in [1.29, 1.82) is 0 Å². The van der Waals surface area contributed by atoms with Crippen molar-refractivity contribution in [1.82, 2.24) is 0 Å². The number of rotatable bonds is 5. The number of quaternary nitrogens is 2. The summed E-state index contributed by atoms with van der Waals surface area (Å²) in [6.45, 7) is 3.26. The number of benzene rings is 1. The van der Waals surface area contributed by atoms with Gasteiger partial charge in [-0.2, -0.15) is 0 Å². The number of hydrogen-bond donors (Lipinski definition) is 2. The highest BCUT2D eigenvalue weighted by atomic mass is 19.1. The highest BCUT2D eigenvalue weighted by molar-refractivity contribution is 5.14. The lowest BCUT2D eigenvalue weighted by Crippen LogP contribution is -3.15. The van der Waals surface area contributed by atoms with Crippen molar-refractivity contribution in [3.63, 3.8) is 0 Å². The largest absolute Gasteiger partial charge is 0.335 e. The van der Waals surface area contributed by atoms with E-state index in [4.69, 9.17) is 0 Å². The third-order valence-corrected chi connectivity index (χ3v) is 2.47. The molecule has 1 aromatic rings. The van der Waals surface area contributed by atoms with E-state index in [1.165, 1.54) is 27.5 Å². The Morgan fingerprint density at radius 3 is 2.13 bits per heavy atom. The first-order valence-corrected chi connectivity index (χ1v) is 5.42. The predicted octanol–water partition coefficient (Wildman–Crippen LogP) is -1.02. The van der Waals surface area contributed by atoms with Crippen LogP contribution in [0.2, 0.25) is 0 Å². The van der Waals surface area contributed by atoms with Crippen LogP contribution in [0.15, 0.2) is 24.3 Å². The van der Waals surface area contributed by atoms with E-state index in [9.17, 15) is 4.39 Å². The molecular formula is C12H21FN2+2. The summed E-state index contributed by atoms with van der Waals surface area (Å²) in [5.74, 6) is -0.158. The second-order valence-electron chi connectivity index (χ2n) is 4.47. The number of nitrogens with one attached hydrogen (secondary N) is 2. The van der Waals surface area contributed by atoms with Gasteiger partial charge in [0, 0.05) is 5.56 Å². The van der Waals surface area contributed by atoms with Gasteiger partial charge in [0.15, 0.2) is 0 Å². The Kier molecular flexibility index (Phi) is 4.72. The zero-order valence-electron chi connectivity index (χ0n) is 9.81. The lowest BCUT2D eigenvalue weighted by molar-refractivity contribution is -0.937. The van der Waals surface area contributed by atoms with Gasteiger partial charge in [0.1, 0.15) is 25.5 Å². The second kappa shape index (κ2) is 5.83. The van der Waals surface area contributed by atoms with Crippen LogP contribution in [0, 0.1) is 5.82 Å². The summed E-state index contributed by atoms with van der Waals surface area (Å²) in [5.41, 5.74) is 1.20. The first-order chi connectivity index (χ1) is 7.08. The maximum Gasteiger partial charge on any atom is 0.127 e. The lowest BCUT2D eigenvalue weighted by atomic mass is 10.2. The molecule has 0 radical (unpaired) electrons. The minimum Gasteiger partial charge on any atom is -0.335 e. The van der Waals surface area contributed by atoms with Crippen molar-refractivity contribution >= 4 is 0 Å². The first-order valence-electron chi connectivity index (χ1n) is 5.42. The van der Waals surface area contributed by atoms with Gasteiger partial charge in [0.05, 0.1) is 21.1 Å². The summed E-state index contributed by atoms with van der Waals surface area (Å²) in [7, 11) is 6.49. The maximum atomic E-state index is 12.7. The molecule has 1 unspecified atom stereocenters. The summed E-state index contributed by atoms with van der Waals surface area (Å²) in [6.07, 6.45) is 0. The molecule has 0 aromatic heterocycles. The molecule has 0 aliphatic carbocycles. The molecule has 3 heteroatoms. The zero-order chi connectivity index (χ0) is 11.3. The van der Waals surface area contributed by atoms with Crippen molar-refractivity contribution in [2.45, 2.75) is 6.54 Å². The van der Waals surface area contributed by atoms with Crippen molar-refractivity contribution in [3.8, 4) is 0 Å². The third kappa shape index (κ3) is 4.91. The van der Waals surface area contributed by atoms with Gasteiger partial charge in [-0.05, 0) is 12.1 Å². The average molecular weight is 212 g/mol. The minimum atomic E-state index is -0.158. The maximum absolute atomic E-state index is 12.7. The molecule has 1 atom stereocenters. The smallest absolute Gasteiger partial charge is 0.127 e. The summed E-state index contributed by atoms with van der Waals surface area (Å²) >= 11 is 0. The highest BCUT2D eigenvalue weighted by Gasteiger charge is 2.05. The fourth-order valence-corrected chi connectivity index (χ4v) is 1.50. The Morgan fingerprint density at radius 1 is 1.00 bits per heavy atom. The average Bonchev–Trinajstić information content (AvgIpc) is 2.19. The summed E-state index contributed by atoms with van der Waals surface area (Å²) < 4.78 is 12.7. The van der Waals surface area contributed by atoms with Crippen molar-refractivity contribution < 1.29 is 14.2 Å². The topological polar surface area (TPSA) is 8.88 Å². The molecule has 0 aliphatic heterocycles. The van der Waals surface area contributed by atoms with Crippen LogP contribution in [-0.4, -0.2) is 34.2 Å². The Hall–Kier alpha value is -0.930. The van der Waals surface area contributed by atoms with Gasteiger partial charge in [0.2, 0.25) is 0 Å². The number of halogens is 1. The van der Waals surface area contributed by atoms with Crippen LogP contribution >= 0.6 is 0 Å². The van der Waals surface area contributed by atoms with Gasteiger partial charge < -0.3 is 9.80 Å². The van der Waals surface area contributed by atoms with Crippen LogP contribution in [0.3, 0.4) is 0 Å². The van der Waals surface area contributed by atoms with Gasteiger partial charge in [-0.1, -0.05) is 12.1 Å². The Bertz CT molecular complexity index is 282. The molecule has 0 fully saturated rings. The van der Waals surface area contributed by atoms with Gasteiger partial charge in [-0.3, -0.25) is 0 Å². The number of likely N-dealkylation sites (N-methyl/N-ethyl adjacent to an activating group) is 2. The Labute approximate surface area is 91.3 Å². The normalized spacial score (nSPS) is 13.1. The monoisotopic (exact) mass is 212 g/mol. The van der Waals surface area contributed by atoms with Gasteiger partial charge in [0.25, 0.3) is 0 Å². The molecule has 1 rings (SSSR count). The van der Waals surface area contributed by atoms with Gasteiger partial charge in [-0.25, -0.2) is 4.39 Å². The Balaban J connectivity index is 2.37. The van der Waals surface area contributed by atoms with Crippen molar-refractivity contribution in [2.75, 3.05) is 34.2 Å². The summed E-state index contributed by atoms with van der Waals surface area (Å²) in [4.78, 5) is 2.93. The van der Waals surface area contributed by atoms with Crippen LogP contribution in [0.1, 0.15) is 5.56 Å². The molecule has 2 N–H and O–H groups in total. The quantitative estimate of drug-likeness (QED) is 0.618. The first kappa shape index (κ1) is 12.1. The molecule has 0 bridgehead atoms. The predicted molar refractivity (Wildman–Crippen MR) is 59.5 cm³/mol. The molecular weight excluding hydrogens is 191 g/mol. The SMILES string of the molecule is C[NH+](C)CC[NH+](C)Cc1ccc(F)cc1. The standard InChI is InChI=1S/C12H19FN2/c1-14(2)8-9-15(3)10-11-4-6-12(13)7-5-11/h4-7H,8-10H2,1-3H3/p+2. The van der Waals surface area contributed by atoms with Crippen LogP contribution in [0.25, 0.3) is 0 Å². The van der Waals surface area contributed by atoms with E-state index in [-0.39, 0.29) is 5.82 Å². The fraction of sp³-hybridized carbons (Fsp3) is 0.500. The molecule has 1 aromatic carbocycles. The summed E-state index contributed by atoms with van der Waals surface area (Å²) in [6, 6.07) is 6.78. The molecule has 0 saturated heterocycles. The molecule has 0 spiro atoms. The third-order valence-electron chi connectivity index (χ3n) is 2.47. The minimum absolute atomic E-state index is 0.158. The molecule has 2 nitrogen and oxygen atoms in total. The highest BCUT2D eigenvalue weighted by Crippen LogP contribution is 2.00. The van der Waals surface area contributed by atoms with E-state index in [0.717, 1.165) is 19.6 Å². The molecule has 84 valence electrons. The molecule has 0 heterocycles. The summed E-state index contributed by atoms with van der Waals surface area (Å²) in [5, 5.41) is 0. The van der Waals surface area contributed by atoms with Crippen LogP contribution in [0.4, 0.5) is 4.39 Å². The van der Waals surface area contributed by atoms with E-state index >= 15 is 0 Å². The van der Waals surface area contributed by atoms with E-state index in [1.54, 1.807) is 0 Å². The zero-order valence-corrected chi connectivity index (χ0v) is 9.81. The van der Waals surface area contributed by atoms with Gasteiger partial charge >= 0.3 is 0 Å². The van der Waals surface area contributed by atoms with Crippen molar-refractivity contribution in [2.24, 2.45) is 0 Å². The van der Waals surface area contributed by atoms with E-state index in [1.807, 2.05) is 12.1 Å². The molecule has 0 aliphatic rings. The van der Waals surface area contributed by atoms with E-state index in [2.05, 4.69) is 21.1 Å². The van der Waals surface area contributed by atoms with Crippen LogP contribution in [-0.2, 0) is 6.54 Å². The van der Waals surface area contributed by atoms with Crippen LogP contribution < -0.4 is 9.80 Å². The molecule has 15 heavy (non-hydrogen) atoms. The van der Waals surface area contributed by atoms with Crippen molar-refractivity contribution in [3.05, 3.63) is 35.6 Å². The second-order valence-corrected chi connectivity index (χ2v) is 4.47. The Morgan fingerprint density at radius 2 is 1.60 bits per heavy atom. The van der Waals surface area contributed by atoms with E-state index in [0.29, 0.717) is 0 Å². The molecule has 0 amide bonds. The van der Waals surface area contributed by atoms with Crippen LogP contribution in [0.5, 0.6) is 0 Å².